The molecule has 0 fully saturated rings. The fourth-order valence-electron chi connectivity index (χ4n) is 1.47. The van der Waals surface area contributed by atoms with E-state index in [9.17, 15) is 13.2 Å². The fraction of sp³-hybridized carbons (Fsp3) is 0.250. The zero-order valence-electron chi connectivity index (χ0n) is 10.3. The number of rotatable bonds is 3. The molecule has 0 saturated carbocycles. The Kier molecular flexibility index (Phi) is 3.75. The quantitative estimate of drug-likeness (QED) is 0.892. The Morgan fingerprint density at radius 2 is 1.89 bits per heavy atom. The van der Waals surface area contributed by atoms with E-state index in [0.717, 1.165) is 6.26 Å². The van der Waals surface area contributed by atoms with Crippen LogP contribution < -0.4 is 5.32 Å². The van der Waals surface area contributed by atoms with Crippen LogP contribution in [0.3, 0.4) is 0 Å². The highest BCUT2D eigenvalue weighted by molar-refractivity contribution is 7.90. The van der Waals surface area contributed by atoms with Crippen LogP contribution in [0, 0.1) is 0 Å². The summed E-state index contributed by atoms with van der Waals surface area (Å²) in [5.41, 5.74) is 0.479. The molecule has 1 aliphatic heterocycles. The lowest BCUT2D eigenvalue weighted by atomic mass is 10.3. The van der Waals surface area contributed by atoms with Gasteiger partial charge >= 0.3 is 0 Å². The second kappa shape index (κ2) is 5.31. The van der Waals surface area contributed by atoms with Crippen molar-refractivity contribution in [3.63, 3.8) is 0 Å². The van der Waals surface area contributed by atoms with Gasteiger partial charge in [0.05, 0.1) is 4.90 Å². The Morgan fingerprint density at radius 1 is 1.21 bits per heavy atom. The van der Waals surface area contributed by atoms with Crippen LogP contribution in [0.25, 0.3) is 0 Å². The SMILES string of the molecule is CS(=O)(=O)c1ccc(NC(=O)C2=COCCO2)cc1. The molecule has 0 bridgehead atoms. The standard InChI is InChI=1S/C12H13NO5S/c1-19(15,16)10-4-2-9(3-5-10)13-12(14)11-8-17-6-7-18-11/h2-5,8H,6-7H2,1H3,(H,13,14). The van der Waals surface area contributed by atoms with E-state index in [1.54, 1.807) is 0 Å². The number of hydrogen-bond acceptors (Lipinski definition) is 5. The normalized spacial score (nSPS) is 14.9. The molecule has 0 aliphatic carbocycles. The van der Waals surface area contributed by atoms with Crippen molar-refractivity contribution < 1.29 is 22.7 Å². The summed E-state index contributed by atoms with van der Waals surface area (Å²) in [5, 5.41) is 2.58. The maximum atomic E-state index is 11.7. The van der Waals surface area contributed by atoms with E-state index in [1.165, 1.54) is 30.5 Å². The van der Waals surface area contributed by atoms with Crippen molar-refractivity contribution in [3.05, 3.63) is 36.3 Å². The molecule has 6 nitrogen and oxygen atoms in total. The molecule has 1 aromatic carbocycles. The van der Waals surface area contributed by atoms with Gasteiger partial charge in [0.2, 0.25) is 5.76 Å². The lowest BCUT2D eigenvalue weighted by Gasteiger charge is -2.15. The highest BCUT2D eigenvalue weighted by atomic mass is 32.2. The van der Waals surface area contributed by atoms with Gasteiger partial charge in [0.1, 0.15) is 19.5 Å². The molecular formula is C12H13NO5S. The Balaban J connectivity index is 2.07. The third kappa shape index (κ3) is 3.47. The molecule has 0 atom stereocenters. The third-order valence-electron chi connectivity index (χ3n) is 2.41. The van der Waals surface area contributed by atoms with Gasteiger partial charge in [-0.3, -0.25) is 4.79 Å². The predicted molar refractivity (Wildman–Crippen MR) is 68.2 cm³/mol. The van der Waals surface area contributed by atoms with E-state index in [0.29, 0.717) is 18.9 Å². The largest absolute Gasteiger partial charge is 0.494 e. The van der Waals surface area contributed by atoms with Crippen LogP contribution in [0.4, 0.5) is 5.69 Å². The number of carbonyl (C=O) groups is 1. The van der Waals surface area contributed by atoms with Gasteiger partial charge in [0, 0.05) is 11.9 Å². The van der Waals surface area contributed by atoms with Crippen molar-refractivity contribution >= 4 is 21.4 Å². The lowest BCUT2D eigenvalue weighted by molar-refractivity contribution is -0.117. The highest BCUT2D eigenvalue weighted by Gasteiger charge is 2.15. The summed E-state index contributed by atoms with van der Waals surface area (Å²) in [7, 11) is -3.24. The highest BCUT2D eigenvalue weighted by Crippen LogP contribution is 2.15. The van der Waals surface area contributed by atoms with Crippen molar-refractivity contribution in [2.24, 2.45) is 0 Å². The maximum Gasteiger partial charge on any atom is 0.294 e. The van der Waals surface area contributed by atoms with E-state index in [2.05, 4.69) is 5.32 Å². The van der Waals surface area contributed by atoms with Crippen LogP contribution in [0.5, 0.6) is 0 Å². The number of nitrogens with one attached hydrogen (secondary N) is 1. The van der Waals surface area contributed by atoms with Gasteiger partial charge in [0.15, 0.2) is 9.84 Å². The van der Waals surface area contributed by atoms with Gasteiger partial charge in [-0.1, -0.05) is 0 Å². The molecule has 0 radical (unpaired) electrons. The van der Waals surface area contributed by atoms with E-state index in [-0.39, 0.29) is 10.7 Å². The minimum Gasteiger partial charge on any atom is -0.494 e. The second-order valence-corrected chi connectivity index (χ2v) is 5.97. The molecule has 0 unspecified atom stereocenters. The van der Waals surface area contributed by atoms with E-state index in [1.807, 2.05) is 0 Å². The van der Waals surface area contributed by atoms with Gasteiger partial charge < -0.3 is 14.8 Å². The molecule has 1 N–H and O–H groups in total. The molecule has 102 valence electrons. The van der Waals surface area contributed by atoms with Crippen molar-refractivity contribution in [1.82, 2.24) is 0 Å². The first-order valence-corrected chi connectivity index (χ1v) is 7.42. The van der Waals surface area contributed by atoms with Crippen molar-refractivity contribution in [1.29, 1.82) is 0 Å². The summed E-state index contributed by atoms with van der Waals surface area (Å²) in [5.74, 6) is -0.342. The van der Waals surface area contributed by atoms with E-state index < -0.39 is 15.7 Å². The third-order valence-corrected chi connectivity index (χ3v) is 3.54. The number of ether oxygens (including phenoxy) is 2. The van der Waals surface area contributed by atoms with Gasteiger partial charge in [-0.25, -0.2) is 8.42 Å². The summed E-state index contributed by atoms with van der Waals surface area (Å²) in [6.45, 7) is 0.742. The topological polar surface area (TPSA) is 81.7 Å². The predicted octanol–water partition coefficient (Wildman–Crippen LogP) is 0.917. The molecule has 7 heteroatoms. The average molecular weight is 283 g/mol. The number of carbonyl (C=O) groups excluding carboxylic acids is 1. The molecule has 0 spiro atoms. The monoisotopic (exact) mass is 283 g/mol. The van der Waals surface area contributed by atoms with Crippen molar-refractivity contribution in [2.75, 3.05) is 24.8 Å². The zero-order chi connectivity index (χ0) is 13.9. The van der Waals surface area contributed by atoms with Crippen molar-refractivity contribution in [2.45, 2.75) is 4.90 Å². The summed E-state index contributed by atoms with van der Waals surface area (Å²) in [6.07, 6.45) is 2.38. The number of hydrogen-bond donors (Lipinski definition) is 1. The lowest BCUT2D eigenvalue weighted by Crippen LogP contribution is -2.21. The van der Waals surface area contributed by atoms with Gasteiger partial charge in [0.25, 0.3) is 5.91 Å². The molecule has 1 aliphatic rings. The van der Waals surface area contributed by atoms with Crippen LogP contribution in [0.1, 0.15) is 0 Å². The van der Waals surface area contributed by atoms with E-state index in [4.69, 9.17) is 9.47 Å². The van der Waals surface area contributed by atoms with Crippen LogP contribution in [0.2, 0.25) is 0 Å². The first-order valence-electron chi connectivity index (χ1n) is 5.53. The molecule has 19 heavy (non-hydrogen) atoms. The minimum atomic E-state index is -3.24. The first kappa shape index (κ1) is 13.4. The average Bonchev–Trinajstić information content (AvgIpc) is 2.39. The summed E-state index contributed by atoms with van der Waals surface area (Å²) >= 11 is 0. The number of sulfone groups is 1. The zero-order valence-corrected chi connectivity index (χ0v) is 11.1. The summed E-state index contributed by atoms with van der Waals surface area (Å²) < 4.78 is 32.7. The molecule has 0 aromatic heterocycles. The maximum absolute atomic E-state index is 11.7. The summed E-state index contributed by atoms with van der Waals surface area (Å²) in [4.78, 5) is 11.9. The second-order valence-electron chi connectivity index (χ2n) is 3.95. The first-order chi connectivity index (χ1) is 8.97. The Labute approximate surface area is 110 Å². The molecule has 1 amide bonds. The molecule has 1 aromatic rings. The van der Waals surface area contributed by atoms with Crippen LogP contribution >= 0.6 is 0 Å². The van der Waals surface area contributed by atoms with Crippen LogP contribution in [0.15, 0.2) is 41.2 Å². The Morgan fingerprint density at radius 3 is 2.42 bits per heavy atom. The number of benzene rings is 1. The molecular weight excluding hydrogens is 270 g/mol. The van der Waals surface area contributed by atoms with Crippen molar-refractivity contribution in [3.8, 4) is 0 Å². The fourth-order valence-corrected chi connectivity index (χ4v) is 2.10. The van der Waals surface area contributed by atoms with Gasteiger partial charge in [-0.05, 0) is 24.3 Å². The minimum absolute atomic E-state index is 0.0958. The van der Waals surface area contributed by atoms with Crippen LogP contribution in [-0.4, -0.2) is 33.8 Å². The molecule has 0 saturated heterocycles. The summed E-state index contributed by atoms with van der Waals surface area (Å²) in [6, 6.07) is 5.88. The Hall–Kier alpha value is -2.02. The van der Waals surface area contributed by atoms with Gasteiger partial charge in [-0.15, -0.1) is 0 Å². The van der Waals surface area contributed by atoms with Gasteiger partial charge in [-0.2, -0.15) is 0 Å². The molecule has 1 heterocycles. The Bertz CT molecular complexity index is 604. The van der Waals surface area contributed by atoms with E-state index >= 15 is 0 Å². The number of anilines is 1. The number of amides is 1. The smallest absolute Gasteiger partial charge is 0.294 e. The molecule has 2 rings (SSSR count). The van der Waals surface area contributed by atoms with Crippen LogP contribution in [-0.2, 0) is 24.1 Å².